The maximum absolute atomic E-state index is 12.7. The predicted molar refractivity (Wildman–Crippen MR) is 113 cm³/mol. The van der Waals surface area contributed by atoms with E-state index in [4.69, 9.17) is 4.74 Å². The van der Waals surface area contributed by atoms with Gasteiger partial charge in [-0.1, -0.05) is 30.3 Å². The fourth-order valence-electron chi connectivity index (χ4n) is 3.15. The number of aliphatic hydroxyl groups is 1. The van der Waals surface area contributed by atoms with E-state index in [0.29, 0.717) is 17.1 Å². The molecule has 1 unspecified atom stereocenters. The molecule has 0 saturated carbocycles. The molecule has 2 aromatic carbocycles. The number of nitrogens with zero attached hydrogens (tertiary/aromatic N) is 2. The van der Waals surface area contributed by atoms with Crippen LogP contribution in [0.2, 0.25) is 0 Å². The normalized spacial score (nSPS) is 11.7. The van der Waals surface area contributed by atoms with Crippen LogP contribution in [0, 0.1) is 20.8 Å². The van der Waals surface area contributed by atoms with Gasteiger partial charge in [0.1, 0.15) is 18.5 Å². The Bertz CT molecular complexity index is 1040. The molecule has 0 saturated heterocycles. The molecule has 156 valence electrons. The number of amides is 1. The topological polar surface area (TPSA) is 93.4 Å². The molecule has 3 aromatic rings. The number of aryl methyl sites for hydroxylation is 2. The summed E-state index contributed by atoms with van der Waals surface area (Å²) < 4.78 is 7.16. The van der Waals surface area contributed by atoms with Crippen molar-refractivity contribution in [3.63, 3.8) is 0 Å². The number of Topliss-reactive ketones (excluding diaryl/α,β-unsaturated/α-hetero) is 1. The van der Waals surface area contributed by atoms with Crippen LogP contribution >= 0.6 is 0 Å². The predicted octanol–water partition coefficient (Wildman–Crippen LogP) is 2.54. The highest BCUT2D eigenvalue weighted by Gasteiger charge is 2.25. The van der Waals surface area contributed by atoms with E-state index in [2.05, 4.69) is 10.4 Å². The summed E-state index contributed by atoms with van der Waals surface area (Å²) in [6.07, 6.45) is -0.948. The molecule has 3 rings (SSSR count). The smallest absolute Gasteiger partial charge is 0.292 e. The van der Waals surface area contributed by atoms with Gasteiger partial charge in [-0.25, -0.2) is 4.68 Å². The Morgan fingerprint density at radius 3 is 2.53 bits per heavy atom. The van der Waals surface area contributed by atoms with Gasteiger partial charge in [0.2, 0.25) is 0 Å². The lowest BCUT2D eigenvalue weighted by molar-refractivity contribution is -0.117. The molecule has 0 aliphatic heterocycles. The van der Waals surface area contributed by atoms with E-state index < -0.39 is 17.8 Å². The van der Waals surface area contributed by atoms with Crippen LogP contribution in [0.5, 0.6) is 5.75 Å². The van der Waals surface area contributed by atoms with Crippen LogP contribution in [0.25, 0.3) is 5.69 Å². The molecule has 1 aromatic heterocycles. The maximum atomic E-state index is 12.7. The average Bonchev–Trinajstić information content (AvgIpc) is 3.04. The molecule has 1 atom stereocenters. The Morgan fingerprint density at radius 1 is 1.10 bits per heavy atom. The lowest BCUT2D eigenvalue weighted by atomic mass is 10.1. The number of hydrogen-bond acceptors (Lipinski definition) is 5. The van der Waals surface area contributed by atoms with E-state index >= 15 is 0 Å². The molecule has 0 bridgehead atoms. The van der Waals surface area contributed by atoms with E-state index in [1.165, 1.54) is 0 Å². The molecule has 7 heteroatoms. The van der Waals surface area contributed by atoms with Crippen LogP contribution < -0.4 is 10.1 Å². The summed E-state index contributed by atoms with van der Waals surface area (Å²) in [5, 5.41) is 16.9. The van der Waals surface area contributed by atoms with Gasteiger partial charge in [0, 0.05) is 6.54 Å². The largest absolute Gasteiger partial charge is 0.491 e. The Hall–Kier alpha value is -3.45. The number of hydrogen-bond donors (Lipinski definition) is 2. The second-order valence-electron chi connectivity index (χ2n) is 7.11. The summed E-state index contributed by atoms with van der Waals surface area (Å²) in [6, 6.07) is 16.8. The molecular formula is C23H25N3O4. The Morgan fingerprint density at radius 2 is 1.83 bits per heavy atom. The monoisotopic (exact) mass is 407 g/mol. The van der Waals surface area contributed by atoms with Crippen molar-refractivity contribution in [3.05, 3.63) is 77.1 Å². The molecule has 0 spiro atoms. The van der Waals surface area contributed by atoms with Crippen LogP contribution in [0.1, 0.15) is 27.3 Å². The third-order valence-electron chi connectivity index (χ3n) is 4.66. The van der Waals surface area contributed by atoms with E-state index in [9.17, 15) is 14.7 Å². The van der Waals surface area contributed by atoms with Gasteiger partial charge in [-0.05, 0) is 50.6 Å². The minimum absolute atomic E-state index is 0.00190. The summed E-state index contributed by atoms with van der Waals surface area (Å²) >= 11 is 0. The van der Waals surface area contributed by atoms with Gasteiger partial charge in [0.15, 0.2) is 0 Å². The first-order valence-corrected chi connectivity index (χ1v) is 9.68. The fraction of sp³-hybridized carbons (Fsp3) is 0.261. The Balaban J connectivity index is 1.59. The number of ketones is 1. The third kappa shape index (κ3) is 4.93. The maximum Gasteiger partial charge on any atom is 0.292 e. The zero-order valence-electron chi connectivity index (χ0n) is 17.3. The first-order chi connectivity index (χ1) is 14.4. The van der Waals surface area contributed by atoms with E-state index in [1.807, 2.05) is 55.5 Å². The van der Waals surface area contributed by atoms with E-state index in [1.54, 1.807) is 24.6 Å². The van der Waals surface area contributed by atoms with Gasteiger partial charge in [-0.2, -0.15) is 5.10 Å². The molecule has 0 fully saturated rings. The number of aliphatic hydroxyl groups excluding tert-OH is 1. The van der Waals surface area contributed by atoms with Gasteiger partial charge < -0.3 is 15.2 Å². The SMILES string of the molecule is Cc1cccc(OCC(O)CNC(=O)C(=O)c2c(C)nn(-c3ccccc3)c2C)c1. The average molecular weight is 407 g/mol. The van der Waals surface area contributed by atoms with Gasteiger partial charge >= 0.3 is 0 Å². The van der Waals surface area contributed by atoms with Crippen LogP contribution in [-0.4, -0.2) is 45.8 Å². The number of para-hydroxylation sites is 1. The van der Waals surface area contributed by atoms with Crippen molar-refractivity contribution in [2.45, 2.75) is 26.9 Å². The number of carbonyl (C=O) groups is 2. The van der Waals surface area contributed by atoms with Crippen molar-refractivity contribution in [1.82, 2.24) is 15.1 Å². The lowest BCUT2D eigenvalue weighted by Crippen LogP contribution is -2.39. The standard InChI is InChI=1S/C23H25N3O4/c1-15-8-7-11-20(12-15)30-14-19(27)13-24-23(29)22(28)21-16(2)25-26(17(21)3)18-9-5-4-6-10-18/h4-12,19,27H,13-14H2,1-3H3,(H,24,29). The number of nitrogens with one attached hydrogen (secondary N) is 1. The second kappa shape index (κ2) is 9.37. The molecule has 2 N–H and O–H groups in total. The van der Waals surface area contributed by atoms with Crippen molar-refractivity contribution in [3.8, 4) is 11.4 Å². The van der Waals surface area contributed by atoms with Crippen molar-refractivity contribution < 1.29 is 19.4 Å². The number of carbonyl (C=O) groups excluding carboxylic acids is 2. The highest BCUT2D eigenvalue weighted by molar-refractivity contribution is 6.43. The zero-order valence-corrected chi connectivity index (χ0v) is 17.3. The van der Waals surface area contributed by atoms with Gasteiger partial charge in [0.25, 0.3) is 11.7 Å². The molecule has 1 amide bonds. The Kier molecular flexibility index (Phi) is 6.64. The summed E-state index contributed by atoms with van der Waals surface area (Å²) in [4.78, 5) is 25.0. The van der Waals surface area contributed by atoms with Crippen LogP contribution in [0.3, 0.4) is 0 Å². The lowest BCUT2D eigenvalue weighted by Gasteiger charge is -2.13. The quantitative estimate of drug-likeness (QED) is 0.442. The summed E-state index contributed by atoms with van der Waals surface area (Å²) in [5.74, 6) is -0.835. The van der Waals surface area contributed by atoms with Crippen molar-refractivity contribution >= 4 is 11.7 Å². The third-order valence-corrected chi connectivity index (χ3v) is 4.66. The molecule has 0 aliphatic rings. The second-order valence-corrected chi connectivity index (χ2v) is 7.11. The molecule has 7 nitrogen and oxygen atoms in total. The van der Waals surface area contributed by atoms with E-state index in [0.717, 1.165) is 11.3 Å². The first kappa shape index (κ1) is 21.3. The van der Waals surface area contributed by atoms with Crippen LogP contribution in [0.4, 0.5) is 0 Å². The highest BCUT2D eigenvalue weighted by Crippen LogP contribution is 2.18. The van der Waals surface area contributed by atoms with Crippen molar-refractivity contribution in [2.24, 2.45) is 0 Å². The number of rotatable bonds is 8. The molecule has 30 heavy (non-hydrogen) atoms. The fourth-order valence-corrected chi connectivity index (χ4v) is 3.15. The van der Waals surface area contributed by atoms with Gasteiger partial charge in [0.05, 0.1) is 22.6 Å². The number of benzene rings is 2. The first-order valence-electron chi connectivity index (χ1n) is 9.68. The molecule has 0 radical (unpaired) electrons. The molecular weight excluding hydrogens is 382 g/mol. The highest BCUT2D eigenvalue weighted by atomic mass is 16.5. The Labute approximate surface area is 175 Å². The van der Waals surface area contributed by atoms with Gasteiger partial charge in [-0.3, -0.25) is 9.59 Å². The van der Waals surface area contributed by atoms with Gasteiger partial charge in [-0.15, -0.1) is 0 Å². The number of ether oxygens (including phenoxy) is 1. The van der Waals surface area contributed by atoms with Crippen molar-refractivity contribution in [1.29, 1.82) is 0 Å². The minimum atomic E-state index is -0.948. The number of aromatic nitrogens is 2. The summed E-state index contributed by atoms with van der Waals surface area (Å²) in [7, 11) is 0. The summed E-state index contributed by atoms with van der Waals surface area (Å²) in [5.41, 5.74) is 3.17. The minimum Gasteiger partial charge on any atom is -0.491 e. The molecule has 1 heterocycles. The summed E-state index contributed by atoms with van der Waals surface area (Å²) in [6.45, 7) is 5.29. The van der Waals surface area contributed by atoms with Crippen LogP contribution in [0.15, 0.2) is 54.6 Å². The van der Waals surface area contributed by atoms with E-state index in [-0.39, 0.29) is 18.7 Å². The zero-order chi connectivity index (χ0) is 21.7. The van der Waals surface area contributed by atoms with Crippen LogP contribution in [-0.2, 0) is 4.79 Å². The molecule has 0 aliphatic carbocycles. The van der Waals surface area contributed by atoms with Crippen molar-refractivity contribution in [2.75, 3.05) is 13.2 Å².